The van der Waals surface area contributed by atoms with Gasteiger partial charge in [-0.15, -0.1) is 0 Å². The monoisotopic (exact) mass is 317 g/mol. The van der Waals surface area contributed by atoms with Crippen LogP contribution in [0.2, 0.25) is 0 Å². The lowest BCUT2D eigenvalue weighted by Gasteiger charge is -2.36. The minimum atomic E-state index is -1.41. The third-order valence-electron chi connectivity index (χ3n) is 4.70. The molecule has 2 fully saturated rings. The van der Waals surface area contributed by atoms with Gasteiger partial charge in [0.05, 0.1) is 0 Å². The standard InChI is InChI=1S/C16H24BN3O3/c21-16(19-7-1-2-8-19)20-11-9-18(10-12-20)13-14-3-5-15(6-4-14)17(22)23/h3-6,22-23H,1-2,7-13H2. The third kappa shape index (κ3) is 4.05. The zero-order chi connectivity index (χ0) is 16.2. The van der Waals surface area contributed by atoms with Crippen LogP contribution in [-0.2, 0) is 6.54 Å². The summed E-state index contributed by atoms with van der Waals surface area (Å²) >= 11 is 0. The molecule has 0 unspecified atom stereocenters. The van der Waals surface area contributed by atoms with Crippen LogP contribution < -0.4 is 5.46 Å². The van der Waals surface area contributed by atoms with E-state index >= 15 is 0 Å². The van der Waals surface area contributed by atoms with Gasteiger partial charge in [0.25, 0.3) is 0 Å². The molecule has 0 radical (unpaired) electrons. The molecule has 2 heterocycles. The van der Waals surface area contributed by atoms with E-state index in [1.807, 2.05) is 21.9 Å². The van der Waals surface area contributed by atoms with E-state index < -0.39 is 7.12 Å². The maximum atomic E-state index is 12.4. The second-order valence-electron chi connectivity index (χ2n) is 6.36. The van der Waals surface area contributed by atoms with E-state index in [9.17, 15) is 4.79 Å². The molecule has 2 aliphatic heterocycles. The Morgan fingerprint density at radius 3 is 2.04 bits per heavy atom. The van der Waals surface area contributed by atoms with Gasteiger partial charge in [0.2, 0.25) is 0 Å². The zero-order valence-electron chi connectivity index (χ0n) is 13.4. The molecule has 1 aromatic carbocycles. The van der Waals surface area contributed by atoms with Gasteiger partial charge in [-0.05, 0) is 23.9 Å². The Morgan fingerprint density at radius 1 is 0.913 bits per heavy atom. The van der Waals surface area contributed by atoms with Crippen molar-refractivity contribution in [1.82, 2.24) is 14.7 Å². The molecule has 3 rings (SSSR count). The number of amides is 2. The number of piperazine rings is 1. The Labute approximate surface area is 137 Å². The molecule has 124 valence electrons. The second kappa shape index (κ2) is 7.34. The van der Waals surface area contributed by atoms with Crippen LogP contribution in [0.1, 0.15) is 18.4 Å². The van der Waals surface area contributed by atoms with Crippen molar-refractivity contribution in [2.24, 2.45) is 0 Å². The summed E-state index contributed by atoms with van der Waals surface area (Å²) in [7, 11) is -1.41. The number of carbonyl (C=O) groups excluding carboxylic acids is 1. The first-order valence-electron chi connectivity index (χ1n) is 8.34. The first kappa shape index (κ1) is 16.3. The summed E-state index contributed by atoms with van der Waals surface area (Å²) in [5.41, 5.74) is 1.66. The fourth-order valence-corrected chi connectivity index (χ4v) is 3.26. The van der Waals surface area contributed by atoms with Crippen molar-refractivity contribution < 1.29 is 14.8 Å². The number of hydrogen-bond donors (Lipinski definition) is 2. The van der Waals surface area contributed by atoms with E-state index in [4.69, 9.17) is 10.0 Å². The normalized spacial score (nSPS) is 19.2. The molecule has 2 aliphatic rings. The van der Waals surface area contributed by atoms with Gasteiger partial charge >= 0.3 is 13.1 Å². The predicted molar refractivity (Wildman–Crippen MR) is 89.3 cm³/mol. The minimum Gasteiger partial charge on any atom is -0.423 e. The number of likely N-dealkylation sites (tertiary alicyclic amines) is 1. The average molecular weight is 317 g/mol. The van der Waals surface area contributed by atoms with Crippen LogP contribution in [-0.4, -0.2) is 77.2 Å². The Morgan fingerprint density at radius 2 is 1.48 bits per heavy atom. The summed E-state index contributed by atoms with van der Waals surface area (Å²) in [6.07, 6.45) is 2.26. The zero-order valence-corrected chi connectivity index (χ0v) is 13.4. The van der Waals surface area contributed by atoms with Gasteiger partial charge in [0, 0.05) is 45.8 Å². The van der Waals surface area contributed by atoms with Crippen LogP contribution in [0.4, 0.5) is 4.79 Å². The van der Waals surface area contributed by atoms with Gasteiger partial charge in [-0.3, -0.25) is 4.90 Å². The van der Waals surface area contributed by atoms with Gasteiger partial charge < -0.3 is 19.8 Å². The molecule has 0 spiro atoms. The molecule has 2 N–H and O–H groups in total. The molecular formula is C16H24BN3O3. The highest BCUT2D eigenvalue weighted by Gasteiger charge is 2.26. The molecule has 0 aromatic heterocycles. The lowest BCUT2D eigenvalue weighted by Crippen LogP contribution is -2.52. The molecule has 0 aliphatic carbocycles. The van der Waals surface area contributed by atoms with Crippen molar-refractivity contribution >= 4 is 18.6 Å². The molecule has 23 heavy (non-hydrogen) atoms. The van der Waals surface area contributed by atoms with Crippen LogP contribution in [0.15, 0.2) is 24.3 Å². The van der Waals surface area contributed by atoms with Crippen LogP contribution in [0.25, 0.3) is 0 Å². The Bertz CT molecular complexity index is 524. The summed E-state index contributed by atoms with van der Waals surface area (Å²) in [6, 6.07) is 7.54. The van der Waals surface area contributed by atoms with Crippen LogP contribution in [0.5, 0.6) is 0 Å². The molecule has 7 heteroatoms. The van der Waals surface area contributed by atoms with Gasteiger partial charge in [-0.1, -0.05) is 24.3 Å². The van der Waals surface area contributed by atoms with Crippen molar-refractivity contribution in [1.29, 1.82) is 0 Å². The summed E-state index contributed by atoms with van der Waals surface area (Å²) < 4.78 is 0. The van der Waals surface area contributed by atoms with E-state index in [0.29, 0.717) is 5.46 Å². The molecular weight excluding hydrogens is 293 g/mol. The number of hydrogen-bond acceptors (Lipinski definition) is 4. The maximum Gasteiger partial charge on any atom is 0.488 e. The highest BCUT2D eigenvalue weighted by atomic mass is 16.4. The SMILES string of the molecule is O=C(N1CCCC1)N1CCN(Cc2ccc(B(O)O)cc2)CC1. The lowest BCUT2D eigenvalue weighted by molar-refractivity contribution is 0.115. The summed E-state index contributed by atoms with van der Waals surface area (Å²) in [6.45, 7) is 5.96. The van der Waals surface area contributed by atoms with Gasteiger partial charge in [0.1, 0.15) is 0 Å². The third-order valence-corrected chi connectivity index (χ3v) is 4.70. The minimum absolute atomic E-state index is 0.198. The smallest absolute Gasteiger partial charge is 0.423 e. The van der Waals surface area contributed by atoms with E-state index in [1.165, 1.54) is 0 Å². The predicted octanol–water partition coefficient (Wildman–Crippen LogP) is -0.300. The highest BCUT2D eigenvalue weighted by Crippen LogP contribution is 2.13. The molecule has 6 nitrogen and oxygen atoms in total. The van der Waals surface area contributed by atoms with E-state index in [1.54, 1.807) is 12.1 Å². The van der Waals surface area contributed by atoms with Crippen molar-refractivity contribution in [3.05, 3.63) is 29.8 Å². The van der Waals surface area contributed by atoms with E-state index in [-0.39, 0.29) is 6.03 Å². The number of urea groups is 1. The first-order valence-corrected chi connectivity index (χ1v) is 8.34. The average Bonchev–Trinajstić information content (AvgIpc) is 3.10. The Kier molecular flexibility index (Phi) is 5.20. The summed E-state index contributed by atoms with van der Waals surface area (Å²) in [4.78, 5) is 18.6. The van der Waals surface area contributed by atoms with Crippen molar-refractivity contribution in [3.63, 3.8) is 0 Å². The topological polar surface area (TPSA) is 67.3 Å². The van der Waals surface area contributed by atoms with E-state index in [2.05, 4.69) is 4.90 Å². The summed E-state index contributed by atoms with van der Waals surface area (Å²) in [5.74, 6) is 0. The molecule has 0 bridgehead atoms. The molecule has 1 aromatic rings. The molecule has 2 amide bonds. The van der Waals surface area contributed by atoms with Crippen LogP contribution >= 0.6 is 0 Å². The van der Waals surface area contributed by atoms with E-state index in [0.717, 1.165) is 64.2 Å². The Balaban J connectivity index is 1.48. The van der Waals surface area contributed by atoms with Crippen molar-refractivity contribution in [2.45, 2.75) is 19.4 Å². The van der Waals surface area contributed by atoms with Crippen molar-refractivity contribution in [2.75, 3.05) is 39.3 Å². The van der Waals surface area contributed by atoms with Gasteiger partial charge in [-0.25, -0.2) is 4.79 Å². The largest absolute Gasteiger partial charge is 0.488 e. The number of carbonyl (C=O) groups is 1. The first-order chi connectivity index (χ1) is 11.1. The number of benzene rings is 1. The fraction of sp³-hybridized carbons (Fsp3) is 0.562. The number of rotatable bonds is 3. The van der Waals surface area contributed by atoms with Crippen molar-refractivity contribution in [3.8, 4) is 0 Å². The number of nitrogens with zero attached hydrogens (tertiary/aromatic N) is 3. The Hall–Kier alpha value is -1.57. The summed E-state index contributed by atoms with van der Waals surface area (Å²) in [5, 5.41) is 18.2. The lowest BCUT2D eigenvalue weighted by atomic mass is 9.80. The van der Waals surface area contributed by atoms with Gasteiger partial charge in [0.15, 0.2) is 0 Å². The van der Waals surface area contributed by atoms with Gasteiger partial charge in [-0.2, -0.15) is 0 Å². The molecule has 0 saturated carbocycles. The quantitative estimate of drug-likeness (QED) is 0.751. The maximum absolute atomic E-state index is 12.4. The van der Waals surface area contributed by atoms with Crippen LogP contribution in [0, 0.1) is 0 Å². The second-order valence-corrected chi connectivity index (χ2v) is 6.36. The molecule has 0 atom stereocenters. The fourth-order valence-electron chi connectivity index (χ4n) is 3.26. The van der Waals surface area contributed by atoms with Crippen LogP contribution in [0.3, 0.4) is 0 Å². The highest BCUT2D eigenvalue weighted by molar-refractivity contribution is 6.58. The molecule has 2 saturated heterocycles.